The maximum atomic E-state index is 11.5. The highest BCUT2D eigenvalue weighted by Gasteiger charge is 2.15. The number of carboxylic acid groups (broad SMARTS) is 1. The Morgan fingerprint density at radius 2 is 2.16 bits per heavy atom. The summed E-state index contributed by atoms with van der Waals surface area (Å²) in [6, 6.07) is -0.956. The molecule has 0 radical (unpaired) electrons. The van der Waals surface area contributed by atoms with Crippen molar-refractivity contribution in [3.63, 3.8) is 0 Å². The molecule has 2 unspecified atom stereocenters. The van der Waals surface area contributed by atoms with E-state index >= 15 is 0 Å². The van der Waals surface area contributed by atoms with Gasteiger partial charge < -0.3 is 20.5 Å². The summed E-state index contributed by atoms with van der Waals surface area (Å²) in [6.45, 7) is 2.28. The average molecular weight is 292 g/mol. The van der Waals surface area contributed by atoms with E-state index in [-0.39, 0.29) is 24.1 Å². The van der Waals surface area contributed by atoms with Crippen LogP contribution in [-0.4, -0.2) is 60.7 Å². The maximum absolute atomic E-state index is 11.5. The number of carbonyl (C=O) groups is 3. The molecule has 3 N–H and O–H groups in total. The lowest BCUT2D eigenvalue weighted by Gasteiger charge is -2.13. The van der Waals surface area contributed by atoms with Gasteiger partial charge in [0.25, 0.3) is 0 Å². The first-order chi connectivity index (χ1) is 9.01. The fourth-order valence-electron chi connectivity index (χ4n) is 1.33. The van der Waals surface area contributed by atoms with Crippen molar-refractivity contribution in [2.45, 2.75) is 25.4 Å². The second-order valence-electron chi connectivity index (χ2n) is 3.94. The predicted octanol–water partition coefficient (Wildman–Crippen LogP) is -0.540. The molecule has 0 bridgehead atoms. The van der Waals surface area contributed by atoms with Crippen molar-refractivity contribution in [1.82, 2.24) is 10.6 Å². The minimum Gasteiger partial charge on any atom is -0.480 e. The van der Waals surface area contributed by atoms with E-state index in [1.165, 1.54) is 11.8 Å². The molecule has 0 saturated carbocycles. The molecular weight excluding hydrogens is 272 g/mol. The summed E-state index contributed by atoms with van der Waals surface area (Å²) in [6.07, 6.45) is 0.641. The van der Waals surface area contributed by atoms with Crippen LogP contribution in [-0.2, 0) is 19.1 Å². The van der Waals surface area contributed by atoms with Gasteiger partial charge in [0.15, 0.2) is 0 Å². The van der Waals surface area contributed by atoms with Crippen LogP contribution in [0.25, 0.3) is 0 Å². The molecular formula is C11H20N2O5S. The number of amides is 2. The summed E-state index contributed by atoms with van der Waals surface area (Å²) < 4.78 is 4.89. The van der Waals surface area contributed by atoms with Crippen molar-refractivity contribution >= 4 is 30.0 Å². The Morgan fingerprint density at radius 1 is 1.47 bits per heavy atom. The van der Waals surface area contributed by atoms with Crippen molar-refractivity contribution in [2.75, 3.05) is 25.2 Å². The maximum Gasteiger partial charge on any atom is 0.326 e. The highest BCUT2D eigenvalue weighted by Crippen LogP contribution is 2.05. The van der Waals surface area contributed by atoms with Crippen molar-refractivity contribution in [3.8, 4) is 0 Å². The molecule has 0 rings (SSSR count). The molecule has 110 valence electrons. The zero-order valence-electron chi connectivity index (χ0n) is 11.0. The lowest BCUT2D eigenvalue weighted by Crippen LogP contribution is -2.37. The third-order valence-electron chi connectivity index (χ3n) is 2.18. The second kappa shape index (κ2) is 10.6. The van der Waals surface area contributed by atoms with Crippen LogP contribution in [0, 0.1) is 0 Å². The van der Waals surface area contributed by atoms with Crippen LogP contribution in [0.1, 0.15) is 13.3 Å². The number of carboxylic acids is 1. The summed E-state index contributed by atoms with van der Waals surface area (Å²) in [7, 11) is 1.56. The van der Waals surface area contributed by atoms with Crippen molar-refractivity contribution < 1.29 is 24.2 Å². The molecule has 0 saturated heterocycles. The van der Waals surface area contributed by atoms with Gasteiger partial charge in [-0.3, -0.25) is 9.59 Å². The van der Waals surface area contributed by atoms with E-state index in [9.17, 15) is 14.4 Å². The van der Waals surface area contributed by atoms with Gasteiger partial charge in [0.2, 0.25) is 12.3 Å². The van der Waals surface area contributed by atoms with Gasteiger partial charge in [-0.1, -0.05) is 0 Å². The van der Waals surface area contributed by atoms with E-state index in [4.69, 9.17) is 9.84 Å². The number of carbonyl (C=O) groups excluding carboxylic acids is 2. The Hall–Kier alpha value is -1.28. The van der Waals surface area contributed by atoms with Crippen LogP contribution < -0.4 is 10.6 Å². The van der Waals surface area contributed by atoms with Gasteiger partial charge in [0.1, 0.15) is 6.04 Å². The molecule has 7 nitrogen and oxygen atoms in total. The molecule has 0 heterocycles. The average Bonchev–Trinajstić information content (AvgIpc) is 2.33. The Balaban J connectivity index is 3.75. The largest absolute Gasteiger partial charge is 0.480 e. The Kier molecular flexibility index (Phi) is 9.91. The van der Waals surface area contributed by atoms with E-state index in [2.05, 4.69) is 10.6 Å². The number of hydrogen-bond donors (Lipinski definition) is 3. The van der Waals surface area contributed by atoms with Crippen LogP contribution in [0.2, 0.25) is 0 Å². The molecule has 0 aromatic carbocycles. The summed E-state index contributed by atoms with van der Waals surface area (Å²) in [5.41, 5.74) is 0. The molecule has 2 amide bonds. The standard InChI is InChI=1S/C11H20N2O5S/c1-8(5-18-2)13-10(15)6-19-4-3-9(11(16)17)12-7-14/h7-9H,3-6H2,1-2H3,(H,12,14)(H,13,15)(H,16,17). The first-order valence-corrected chi connectivity index (χ1v) is 6.95. The zero-order valence-corrected chi connectivity index (χ0v) is 11.9. The van der Waals surface area contributed by atoms with Crippen LogP contribution in [0.4, 0.5) is 0 Å². The molecule has 19 heavy (non-hydrogen) atoms. The van der Waals surface area contributed by atoms with Crippen molar-refractivity contribution in [1.29, 1.82) is 0 Å². The number of ether oxygens (including phenoxy) is 1. The van der Waals surface area contributed by atoms with E-state index in [0.29, 0.717) is 18.8 Å². The van der Waals surface area contributed by atoms with Crippen LogP contribution in [0.3, 0.4) is 0 Å². The number of methoxy groups -OCH3 is 1. The number of rotatable bonds is 11. The molecule has 2 atom stereocenters. The van der Waals surface area contributed by atoms with Gasteiger partial charge in [-0.25, -0.2) is 4.79 Å². The van der Waals surface area contributed by atoms with Crippen LogP contribution in [0.15, 0.2) is 0 Å². The summed E-state index contributed by atoms with van der Waals surface area (Å²) in [4.78, 5) is 32.4. The molecule has 0 spiro atoms. The molecule has 0 aromatic heterocycles. The van der Waals surface area contributed by atoms with Crippen molar-refractivity contribution in [2.24, 2.45) is 0 Å². The van der Waals surface area contributed by atoms with Gasteiger partial charge >= 0.3 is 5.97 Å². The smallest absolute Gasteiger partial charge is 0.326 e. The molecule has 0 fully saturated rings. The number of nitrogens with one attached hydrogen (secondary N) is 2. The lowest BCUT2D eigenvalue weighted by molar-refractivity contribution is -0.140. The van der Waals surface area contributed by atoms with Gasteiger partial charge in [-0.15, -0.1) is 0 Å². The third-order valence-corrected chi connectivity index (χ3v) is 3.17. The highest BCUT2D eigenvalue weighted by atomic mass is 32.2. The molecule has 8 heteroatoms. The minimum atomic E-state index is -1.08. The zero-order chi connectivity index (χ0) is 14.7. The SMILES string of the molecule is COCC(C)NC(=O)CSCCC(NC=O)C(=O)O. The fraction of sp³-hybridized carbons (Fsp3) is 0.727. The van der Waals surface area contributed by atoms with E-state index < -0.39 is 12.0 Å². The second-order valence-corrected chi connectivity index (χ2v) is 5.05. The highest BCUT2D eigenvalue weighted by molar-refractivity contribution is 7.99. The van der Waals surface area contributed by atoms with Gasteiger partial charge in [-0.05, 0) is 19.1 Å². The van der Waals surface area contributed by atoms with Crippen molar-refractivity contribution in [3.05, 3.63) is 0 Å². The number of thioether (sulfide) groups is 1. The van der Waals surface area contributed by atoms with Gasteiger partial charge in [0, 0.05) is 13.2 Å². The first-order valence-electron chi connectivity index (χ1n) is 5.79. The third kappa shape index (κ3) is 9.32. The number of hydrogen-bond acceptors (Lipinski definition) is 5. The summed E-state index contributed by atoms with van der Waals surface area (Å²) in [5, 5.41) is 13.7. The van der Waals surface area contributed by atoms with E-state index in [1.807, 2.05) is 6.92 Å². The lowest BCUT2D eigenvalue weighted by atomic mass is 10.2. The summed E-state index contributed by atoms with van der Waals surface area (Å²) in [5.74, 6) is -0.471. The normalized spacial score (nSPS) is 13.4. The van der Waals surface area contributed by atoms with E-state index in [0.717, 1.165) is 0 Å². The topological polar surface area (TPSA) is 105 Å². The predicted molar refractivity (Wildman–Crippen MR) is 72.0 cm³/mol. The minimum absolute atomic E-state index is 0.0541. The molecule has 0 aliphatic rings. The quantitative estimate of drug-likeness (QED) is 0.349. The molecule has 0 aromatic rings. The van der Waals surface area contributed by atoms with Gasteiger partial charge in [-0.2, -0.15) is 11.8 Å². The van der Waals surface area contributed by atoms with E-state index in [1.54, 1.807) is 7.11 Å². The monoisotopic (exact) mass is 292 g/mol. The Bertz CT molecular complexity index is 301. The summed E-state index contributed by atoms with van der Waals surface area (Å²) >= 11 is 1.32. The van der Waals surface area contributed by atoms with Crippen LogP contribution >= 0.6 is 11.8 Å². The first kappa shape index (κ1) is 17.7. The van der Waals surface area contributed by atoms with Gasteiger partial charge in [0.05, 0.1) is 12.4 Å². The Morgan fingerprint density at radius 3 is 2.68 bits per heavy atom. The Labute approximate surface area is 116 Å². The van der Waals surface area contributed by atoms with Crippen LogP contribution in [0.5, 0.6) is 0 Å². The molecule has 0 aliphatic heterocycles. The number of aliphatic carboxylic acids is 1. The fourth-order valence-corrected chi connectivity index (χ4v) is 2.15. The molecule has 0 aliphatic carbocycles.